The molecular formula is C20H21ClN2O4. The number of halogens is 1. The number of Topliss-reactive ketones (excluding diaryl/α,β-unsaturated/α-hetero) is 1. The normalized spacial score (nSPS) is 10.2. The van der Waals surface area contributed by atoms with E-state index in [0.717, 1.165) is 0 Å². The highest BCUT2D eigenvalue weighted by Crippen LogP contribution is 2.14. The average molecular weight is 389 g/mol. The Morgan fingerprint density at radius 3 is 2.26 bits per heavy atom. The fourth-order valence-electron chi connectivity index (χ4n) is 2.23. The van der Waals surface area contributed by atoms with Gasteiger partial charge in [0.1, 0.15) is 5.75 Å². The van der Waals surface area contributed by atoms with Gasteiger partial charge in [-0.15, -0.1) is 0 Å². The molecule has 2 amide bonds. The summed E-state index contributed by atoms with van der Waals surface area (Å²) in [7, 11) is 1.52. The van der Waals surface area contributed by atoms with Gasteiger partial charge in [-0.3, -0.25) is 14.4 Å². The number of carbonyl (C=O) groups excluding carboxylic acids is 3. The maximum absolute atomic E-state index is 12.1. The second-order valence-corrected chi connectivity index (χ2v) is 6.33. The number of nitrogens with zero attached hydrogens (tertiary/aromatic N) is 1. The summed E-state index contributed by atoms with van der Waals surface area (Å²) in [5, 5.41) is 3.26. The second-order valence-electron chi connectivity index (χ2n) is 5.89. The van der Waals surface area contributed by atoms with Crippen LogP contribution in [0.25, 0.3) is 0 Å². The first-order valence-electron chi connectivity index (χ1n) is 8.44. The van der Waals surface area contributed by atoms with Gasteiger partial charge in [-0.25, -0.2) is 0 Å². The summed E-state index contributed by atoms with van der Waals surface area (Å²) in [6, 6.07) is 13.3. The van der Waals surface area contributed by atoms with E-state index < -0.39 is 0 Å². The molecule has 0 saturated carbocycles. The minimum atomic E-state index is -0.338. The third kappa shape index (κ3) is 6.42. The largest absolute Gasteiger partial charge is 0.484 e. The average Bonchev–Trinajstić information content (AvgIpc) is 2.67. The summed E-state index contributed by atoms with van der Waals surface area (Å²) in [5.74, 6) is -0.135. The molecule has 0 spiro atoms. The van der Waals surface area contributed by atoms with Crippen molar-refractivity contribution in [3.05, 3.63) is 59.1 Å². The van der Waals surface area contributed by atoms with E-state index in [0.29, 0.717) is 28.4 Å². The minimum absolute atomic E-state index is 0.0454. The van der Waals surface area contributed by atoms with Crippen molar-refractivity contribution < 1.29 is 19.1 Å². The van der Waals surface area contributed by atoms with Crippen molar-refractivity contribution in [3.8, 4) is 5.75 Å². The van der Waals surface area contributed by atoms with Crippen LogP contribution >= 0.6 is 11.6 Å². The minimum Gasteiger partial charge on any atom is -0.484 e. The third-order valence-corrected chi connectivity index (χ3v) is 4.05. The number of carbonyl (C=O) groups is 3. The van der Waals surface area contributed by atoms with E-state index in [1.54, 1.807) is 55.5 Å². The van der Waals surface area contributed by atoms with Gasteiger partial charge in [0.25, 0.3) is 5.91 Å². The molecule has 0 radical (unpaired) electrons. The van der Waals surface area contributed by atoms with E-state index in [1.165, 1.54) is 11.9 Å². The van der Waals surface area contributed by atoms with Gasteiger partial charge in [0.05, 0.1) is 6.54 Å². The van der Waals surface area contributed by atoms with Crippen LogP contribution in [0.4, 0.5) is 5.69 Å². The maximum Gasteiger partial charge on any atom is 0.260 e. The van der Waals surface area contributed by atoms with E-state index in [1.807, 2.05) is 0 Å². The molecule has 0 aliphatic carbocycles. The zero-order valence-corrected chi connectivity index (χ0v) is 16.0. The molecule has 0 bridgehead atoms. The van der Waals surface area contributed by atoms with Gasteiger partial charge in [0, 0.05) is 29.7 Å². The maximum atomic E-state index is 12.1. The smallest absolute Gasteiger partial charge is 0.260 e. The van der Waals surface area contributed by atoms with Crippen molar-refractivity contribution in [1.29, 1.82) is 0 Å². The second kappa shape index (κ2) is 9.73. The highest BCUT2D eigenvalue weighted by atomic mass is 35.5. The quantitative estimate of drug-likeness (QED) is 0.703. The third-order valence-electron chi connectivity index (χ3n) is 3.79. The van der Waals surface area contributed by atoms with Crippen molar-refractivity contribution in [2.75, 3.05) is 25.5 Å². The molecule has 0 saturated heterocycles. The Bertz CT molecular complexity index is 804. The van der Waals surface area contributed by atoms with Crippen LogP contribution in [-0.2, 0) is 9.59 Å². The first-order chi connectivity index (χ1) is 12.9. The van der Waals surface area contributed by atoms with Crippen molar-refractivity contribution in [1.82, 2.24) is 4.90 Å². The standard InChI is InChI=1S/C20H21ClN2O4/c1-3-18(24)14-4-10-17(11-5-14)27-13-20(26)23(2)12-19(25)22-16-8-6-15(21)7-9-16/h4-11H,3,12-13H2,1-2H3,(H,22,25). The lowest BCUT2D eigenvalue weighted by Gasteiger charge is -2.17. The predicted molar refractivity (Wildman–Crippen MR) is 104 cm³/mol. The molecule has 0 aliphatic heterocycles. The molecular weight excluding hydrogens is 368 g/mol. The lowest BCUT2D eigenvalue weighted by Crippen LogP contribution is -2.37. The van der Waals surface area contributed by atoms with Gasteiger partial charge in [-0.05, 0) is 48.5 Å². The highest BCUT2D eigenvalue weighted by Gasteiger charge is 2.14. The summed E-state index contributed by atoms with van der Waals surface area (Å²) in [6.07, 6.45) is 0.432. The van der Waals surface area contributed by atoms with Crippen molar-refractivity contribution >= 4 is 34.9 Å². The molecule has 0 unspecified atom stereocenters. The SMILES string of the molecule is CCC(=O)c1ccc(OCC(=O)N(C)CC(=O)Nc2ccc(Cl)cc2)cc1. The van der Waals surface area contributed by atoms with Gasteiger partial charge in [0.2, 0.25) is 5.91 Å². The zero-order chi connectivity index (χ0) is 19.8. The Hall–Kier alpha value is -2.86. The van der Waals surface area contributed by atoms with Crippen LogP contribution in [0.3, 0.4) is 0 Å². The molecule has 0 fully saturated rings. The van der Waals surface area contributed by atoms with Gasteiger partial charge >= 0.3 is 0 Å². The lowest BCUT2D eigenvalue weighted by atomic mass is 10.1. The lowest BCUT2D eigenvalue weighted by molar-refractivity contribution is -0.135. The van der Waals surface area contributed by atoms with E-state index in [9.17, 15) is 14.4 Å². The Morgan fingerprint density at radius 1 is 1.04 bits per heavy atom. The number of ether oxygens (including phenoxy) is 1. The van der Waals surface area contributed by atoms with E-state index in [-0.39, 0.29) is 30.7 Å². The number of anilines is 1. The zero-order valence-electron chi connectivity index (χ0n) is 15.2. The van der Waals surface area contributed by atoms with Crippen LogP contribution in [-0.4, -0.2) is 42.7 Å². The predicted octanol–water partition coefficient (Wildman–Crippen LogP) is 3.41. The summed E-state index contributed by atoms with van der Waals surface area (Å²) in [6.45, 7) is 1.49. The number of ketones is 1. The number of hydrogen-bond donors (Lipinski definition) is 1. The molecule has 2 aromatic rings. The molecule has 7 heteroatoms. The number of rotatable bonds is 8. The van der Waals surface area contributed by atoms with Gasteiger partial charge in [-0.1, -0.05) is 18.5 Å². The molecule has 142 valence electrons. The van der Waals surface area contributed by atoms with Gasteiger partial charge in [-0.2, -0.15) is 0 Å². The Morgan fingerprint density at radius 2 is 1.67 bits per heavy atom. The Labute approximate surface area is 163 Å². The van der Waals surface area contributed by atoms with Crippen LogP contribution < -0.4 is 10.1 Å². The van der Waals surface area contributed by atoms with Crippen LogP contribution in [0, 0.1) is 0 Å². The number of likely N-dealkylation sites (N-methyl/N-ethyl adjacent to an activating group) is 1. The molecule has 2 rings (SSSR count). The van der Waals surface area contributed by atoms with Crippen molar-refractivity contribution in [2.24, 2.45) is 0 Å². The molecule has 6 nitrogen and oxygen atoms in total. The molecule has 0 atom stereocenters. The topological polar surface area (TPSA) is 75.7 Å². The van der Waals surface area contributed by atoms with Crippen molar-refractivity contribution in [2.45, 2.75) is 13.3 Å². The number of benzene rings is 2. The summed E-state index contributed by atoms with van der Waals surface area (Å²) in [5.41, 5.74) is 1.20. The van der Waals surface area contributed by atoms with Crippen LogP contribution in [0.2, 0.25) is 5.02 Å². The van der Waals surface area contributed by atoms with Gasteiger partial charge in [0.15, 0.2) is 12.4 Å². The number of amides is 2. The number of hydrogen-bond acceptors (Lipinski definition) is 4. The van der Waals surface area contributed by atoms with Gasteiger partial charge < -0.3 is 15.0 Å². The molecule has 0 aliphatic rings. The number of nitrogens with one attached hydrogen (secondary N) is 1. The highest BCUT2D eigenvalue weighted by molar-refractivity contribution is 6.30. The first-order valence-corrected chi connectivity index (χ1v) is 8.82. The first kappa shape index (κ1) is 20.5. The summed E-state index contributed by atoms with van der Waals surface area (Å²) in [4.78, 5) is 37.0. The van der Waals surface area contributed by atoms with Crippen LogP contribution in [0.1, 0.15) is 23.7 Å². The van der Waals surface area contributed by atoms with E-state index >= 15 is 0 Å². The fraction of sp³-hybridized carbons (Fsp3) is 0.250. The molecule has 1 N–H and O–H groups in total. The monoisotopic (exact) mass is 388 g/mol. The van der Waals surface area contributed by atoms with E-state index in [2.05, 4.69) is 5.32 Å². The molecule has 2 aromatic carbocycles. The molecule has 27 heavy (non-hydrogen) atoms. The fourth-order valence-corrected chi connectivity index (χ4v) is 2.36. The van der Waals surface area contributed by atoms with Crippen molar-refractivity contribution in [3.63, 3.8) is 0 Å². The molecule has 0 aromatic heterocycles. The Kier molecular flexibility index (Phi) is 7.37. The molecule has 0 heterocycles. The summed E-state index contributed by atoms with van der Waals surface area (Å²) < 4.78 is 5.42. The summed E-state index contributed by atoms with van der Waals surface area (Å²) >= 11 is 5.79. The van der Waals surface area contributed by atoms with E-state index in [4.69, 9.17) is 16.3 Å². The van der Waals surface area contributed by atoms with Crippen LogP contribution in [0.5, 0.6) is 5.75 Å². The Balaban J connectivity index is 1.80. The van der Waals surface area contributed by atoms with Crippen LogP contribution in [0.15, 0.2) is 48.5 Å².